The fraction of sp³-hybridized carbons (Fsp3) is 0.923. The van der Waals surface area contributed by atoms with Crippen molar-refractivity contribution < 1.29 is 0 Å². The molecule has 0 aliphatic heterocycles. The Balaban J connectivity index is 2.38. The molecule has 1 rings (SSSR count). The molecule has 0 heterocycles. The molecule has 4 N–H and O–H groups in total. The fourth-order valence-electron chi connectivity index (χ4n) is 1.96. The standard InChI is InChI=1S/C13H27N3S/c1-9(13(2,3)4)15-12(17)16-11-8-6-5-7-10(11)14/h9-11H,5-8,14H2,1-4H3,(H2,15,16,17)/t9-,10-,11-/m0/s1. The largest absolute Gasteiger partial charge is 0.360 e. The van der Waals surface area contributed by atoms with Crippen molar-refractivity contribution in [3.63, 3.8) is 0 Å². The van der Waals surface area contributed by atoms with E-state index in [4.69, 9.17) is 18.0 Å². The molecule has 0 radical (unpaired) electrons. The summed E-state index contributed by atoms with van der Waals surface area (Å²) in [6.07, 6.45) is 4.74. The van der Waals surface area contributed by atoms with E-state index in [0.29, 0.717) is 12.1 Å². The Morgan fingerprint density at radius 2 is 1.88 bits per heavy atom. The van der Waals surface area contributed by atoms with Gasteiger partial charge in [0.15, 0.2) is 5.11 Å². The summed E-state index contributed by atoms with van der Waals surface area (Å²) in [6, 6.07) is 0.937. The molecule has 0 aromatic heterocycles. The molecule has 100 valence electrons. The van der Waals surface area contributed by atoms with Gasteiger partial charge in [0, 0.05) is 18.1 Å². The predicted octanol–water partition coefficient (Wildman–Crippen LogP) is 2.15. The van der Waals surface area contributed by atoms with Crippen LogP contribution in [0, 0.1) is 5.41 Å². The van der Waals surface area contributed by atoms with Crippen LogP contribution in [0.15, 0.2) is 0 Å². The normalized spacial score (nSPS) is 27.4. The first-order valence-corrected chi connectivity index (χ1v) is 7.04. The van der Waals surface area contributed by atoms with E-state index in [1.165, 1.54) is 12.8 Å². The minimum Gasteiger partial charge on any atom is -0.360 e. The second kappa shape index (κ2) is 6.01. The lowest BCUT2D eigenvalue weighted by atomic mass is 9.88. The maximum atomic E-state index is 6.09. The van der Waals surface area contributed by atoms with E-state index in [2.05, 4.69) is 38.3 Å². The summed E-state index contributed by atoms with van der Waals surface area (Å²) < 4.78 is 0. The third kappa shape index (κ3) is 4.80. The van der Waals surface area contributed by atoms with Crippen molar-refractivity contribution in [2.75, 3.05) is 0 Å². The van der Waals surface area contributed by atoms with E-state index in [9.17, 15) is 0 Å². The zero-order valence-corrected chi connectivity index (χ0v) is 12.4. The summed E-state index contributed by atoms with van der Waals surface area (Å²) in [5.74, 6) is 0. The molecule has 0 aromatic rings. The number of thiocarbonyl (C=S) groups is 1. The summed E-state index contributed by atoms with van der Waals surface area (Å²) in [6.45, 7) is 8.79. The van der Waals surface area contributed by atoms with Crippen LogP contribution < -0.4 is 16.4 Å². The van der Waals surface area contributed by atoms with Crippen molar-refractivity contribution in [3.05, 3.63) is 0 Å². The Morgan fingerprint density at radius 1 is 1.29 bits per heavy atom. The highest BCUT2D eigenvalue weighted by atomic mass is 32.1. The summed E-state index contributed by atoms with van der Waals surface area (Å²) in [5, 5.41) is 7.46. The van der Waals surface area contributed by atoms with Crippen molar-refractivity contribution in [1.29, 1.82) is 0 Å². The van der Waals surface area contributed by atoms with Gasteiger partial charge in [-0.15, -0.1) is 0 Å². The van der Waals surface area contributed by atoms with Crippen molar-refractivity contribution in [3.8, 4) is 0 Å². The third-order valence-electron chi connectivity index (χ3n) is 3.78. The maximum absolute atomic E-state index is 6.09. The van der Waals surface area contributed by atoms with E-state index in [-0.39, 0.29) is 11.5 Å². The highest BCUT2D eigenvalue weighted by Gasteiger charge is 2.24. The fourth-order valence-corrected chi connectivity index (χ4v) is 2.29. The van der Waals surface area contributed by atoms with Crippen LogP contribution in [0.5, 0.6) is 0 Å². The van der Waals surface area contributed by atoms with Gasteiger partial charge >= 0.3 is 0 Å². The number of hydrogen-bond donors (Lipinski definition) is 3. The average Bonchev–Trinajstić information content (AvgIpc) is 2.20. The second-order valence-electron chi connectivity index (χ2n) is 6.26. The Bertz CT molecular complexity index is 260. The first-order chi connectivity index (χ1) is 7.80. The SMILES string of the molecule is C[C@H](NC(=S)N[C@H]1CCCC[C@@H]1N)C(C)(C)C. The molecule has 0 saturated heterocycles. The molecule has 1 fully saturated rings. The molecule has 0 aromatic carbocycles. The smallest absolute Gasteiger partial charge is 0.166 e. The molecule has 4 heteroatoms. The number of nitrogens with two attached hydrogens (primary N) is 1. The van der Waals surface area contributed by atoms with Crippen LogP contribution in [-0.4, -0.2) is 23.2 Å². The Kier molecular flexibility index (Phi) is 5.20. The van der Waals surface area contributed by atoms with Gasteiger partial charge in [-0.1, -0.05) is 33.6 Å². The van der Waals surface area contributed by atoms with Gasteiger partial charge < -0.3 is 16.4 Å². The van der Waals surface area contributed by atoms with Crippen LogP contribution in [0.2, 0.25) is 0 Å². The van der Waals surface area contributed by atoms with E-state index in [0.717, 1.165) is 18.0 Å². The predicted molar refractivity (Wildman–Crippen MR) is 78.0 cm³/mol. The van der Waals surface area contributed by atoms with E-state index in [1.807, 2.05) is 0 Å². The van der Waals surface area contributed by atoms with Gasteiger partial charge in [-0.05, 0) is 37.4 Å². The minimum atomic E-state index is 0.209. The van der Waals surface area contributed by atoms with Gasteiger partial charge in [0.1, 0.15) is 0 Å². The molecule has 1 saturated carbocycles. The van der Waals surface area contributed by atoms with E-state index < -0.39 is 0 Å². The van der Waals surface area contributed by atoms with Crippen molar-refractivity contribution in [1.82, 2.24) is 10.6 Å². The molecule has 17 heavy (non-hydrogen) atoms. The zero-order chi connectivity index (χ0) is 13.1. The summed E-state index contributed by atoms with van der Waals surface area (Å²) in [4.78, 5) is 0. The van der Waals surface area contributed by atoms with Crippen molar-refractivity contribution in [2.24, 2.45) is 11.1 Å². The van der Waals surface area contributed by atoms with E-state index >= 15 is 0 Å². The van der Waals surface area contributed by atoms with Gasteiger partial charge in [0.25, 0.3) is 0 Å². The van der Waals surface area contributed by atoms with Crippen LogP contribution in [-0.2, 0) is 0 Å². The molecule has 3 atom stereocenters. The first-order valence-electron chi connectivity index (χ1n) is 6.63. The summed E-state index contributed by atoms with van der Waals surface area (Å²) in [7, 11) is 0. The average molecular weight is 257 g/mol. The van der Waals surface area contributed by atoms with Gasteiger partial charge in [0.05, 0.1) is 0 Å². The van der Waals surface area contributed by atoms with Gasteiger partial charge in [-0.3, -0.25) is 0 Å². The molecule has 0 unspecified atom stereocenters. The number of nitrogens with one attached hydrogen (secondary N) is 2. The highest BCUT2D eigenvalue weighted by molar-refractivity contribution is 7.80. The Hall–Kier alpha value is -0.350. The molecular formula is C13H27N3S. The molecule has 0 spiro atoms. The van der Waals surface area contributed by atoms with Gasteiger partial charge in [0.2, 0.25) is 0 Å². The minimum absolute atomic E-state index is 0.209. The monoisotopic (exact) mass is 257 g/mol. The quantitative estimate of drug-likeness (QED) is 0.664. The molecule has 3 nitrogen and oxygen atoms in total. The summed E-state index contributed by atoms with van der Waals surface area (Å²) in [5.41, 5.74) is 6.30. The molecule has 1 aliphatic rings. The van der Waals surface area contributed by atoms with Crippen molar-refractivity contribution >= 4 is 17.3 Å². The lowest BCUT2D eigenvalue weighted by Crippen LogP contribution is -2.54. The second-order valence-corrected chi connectivity index (χ2v) is 6.67. The summed E-state index contributed by atoms with van der Waals surface area (Å²) >= 11 is 5.36. The Morgan fingerprint density at radius 3 is 2.41 bits per heavy atom. The number of rotatable bonds is 2. The van der Waals surface area contributed by atoms with Crippen LogP contribution in [0.25, 0.3) is 0 Å². The maximum Gasteiger partial charge on any atom is 0.166 e. The first kappa shape index (κ1) is 14.7. The molecule has 1 aliphatic carbocycles. The van der Waals surface area contributed by atoms with Crippen LogP contribution >= 0.6 is 12.2 Å². The zero-order valence-electron chi connectivity index (χ0n) is 11.5. The third-order valence-corrected chi connectivity index (χ3v) is 4.02. The molecule has 0 amide bonds. The molecule has 0 bridgehead atoms. The lowest BCUT2D eigenvalue weighted by Gasteiger charge is -2.33. The van der Waals surface area contributed by atoms with Crippen LogP contribution in [0.4, 0.5) is 0 Å². The van der Waals surface area contributed by atoms with Gasteiger partial charge in [-0.2, -0.15) is 0 Å². The van der Waals surface area contributed by atoms with Crippen LogP contribution in [0.1, 0.15) is 53.4 Å². The van der Waals surface area contributed by atoms with Gasteiger partial charge in [-0.25, -0.2) is 0 Å². The highest BCUT2D eigenvalue weighted by Crippen LogP contribution is 2.19. The molecular weight excluding hydrogens is 230 g/mol. The Labute approximate surface area is 111 Å². The van der Waals surface area contributed by atoms with Crippen molar-refractivity contribution in [2.45, 2.75) is 71.5 Å². The van der Waals surface area contributed by atoms with Crippen LogP contribution in [0.3, 0.4) is 0 Å². The lowest BCUT2D eigenvalue weighted by molar-refractivity contribution is 0.310. The topological polar surface area (TPSA) is 50.1 Å². The number of hydrogen-bond acceptors (Lipinski definition) is 2. The van der Waals surface area contributed by atoms with E-state index in [1.54, 1.807) is 0 Å².